The van der Waals surface area contributed by atoms with Gasteiger partial charge in [0.25, 0.3) is 0 Å². The van der Waals surface area contributed by atoms with Crippen LogP contribution in [0.3, 0.4) is 0 Å². The average Bonchev–Trinajstić information content (AvgIpc) is 4.03. The fourth-order valence-corrected chi connectivity index (χ4v) is 9.95. The standard InChI is InChI=1S/C37H43ClF3N3O8S/c38-28-10-6-8-23-19-43(21-27(23)28)34(49)52-25-16-29-30(45)18-35(33(48)42-53(50,51)26-11-12-26)17-24(35)9-5-3-1-2-4-7-22(32(47)44(29)20-25)15-31(46)36(13-14-36)37(39,40)41/h5-6,8-10,22,24-26,29H,1-4,7,11-21H2,(H,42,48)/b9-5-/t22-,24-,25-,29+,35-/m1/s1. The smallest absolute Gasteiger partial charge is 0.410 e. The molecule has 6 aliphatic rings. The summed E-state index contributed by atoms with van der Waals surface area (Å²) < 4.78 is 75.5. The number of Topliss-reactive ketones (excluding diaryl/α,β-unsaturated/α-hetero) is 2. The summed E-state index contributed by atoms with van der Waals surface area (Å²) in [6.45, 7) is 0.178. The van der Waals surface area contributed by atoms with E-state index in [1.807, 2.05) is 18.2 Å². The summed E-state index contributed by atoms with van der Waals surface area (Å²) in [5.74, 6) is -4.62. The Morgan fingerprint density at radius 3 is 2.47 bits per heavy atom. The Balaban J connectivity index is 1.15. The molecule has 288 valence electrons. The maximum Gasteiger partial charge on any atom is 0.410 e. The first-order chi connectivity index (χ1) is 25.0. The van der Waals surface area contributed by atoms with Crippen molar-refractivity contribution in [2.45, 2.75) is 120 Å². The predicted octanol–water partition coefficient (Wildman–Crippen LogP) is 5.77. The first-order valence-electron chi connectivity index (χ1n) is 18.4. The fraction of sp³-hybridized carbons (Fsp3) is 0.649. The van der Waals surface area contributed by atoms with Crippen molar-refractivity contribution in [1.82, 2.24) is 14.5 Å². The zero-order valence-corrected chi connectivity index (χ0v) is 30.7. The first-order valence-corrected chi connectivity index (χ1v) is 20.3. The van der Waals surface area contributed by atoms with Crippen molar-refractivity contribution in [3.05, 3.63) is 46.5 Å². The van der Waals surface area contributed by atoms with Crippen LogP contribution in [-0.4, -0.2) is 77.8 Å². The van der Waals surface area contributed by atoms with Gasteiger partial charge < -0.3 is 9.64 Å². The lowest BCUT2D eigenvalue weighted by Crippen LogP contribution is -2.47. The number of carbonyl (C=O) groups is 5. The normalized spacial score (nSPS) is 30.6. The second-order valence-corrected chi connectivity index (χ2v) is 18.1. The molecule has 1 saturated heterocycles. The number of nitrogens with one attached hydrogen (secondary N) is 1. The van der Waals surface area contributed by atoms with Gasteiger partial charge in [0.1, 0.15) is 17.3 Å². The summed E-state index contributed by atoms with van der Waals surface area (Å²) >= 11 is 6.33. The number of rotatable bonds is 7. The van der Waals surface area contributed by atoms with Crippen LogP contribution in [0.2, 0.25) is 5.02 Å². The highest BCUT2D eigenvalue weighted by molar-refractivity contribution is 7.90. The molecular formula is C37H43ClF3N3O8S. The molecule has 0 bridgehead atoms. The van der Waals surface area contributed by atoms with Crippen molar-refractivity contribution in [1.29, 1.82) is 0 Å². The Labute approximate surface area is 311 Å². The van der Waals surface area contributed by atoms with E-state index >= 15 is 0 Å². The Morgan fingerprint density at radius 1 is 1.04 bits per heavy atom. The second kappa shape index (κ2) is 14.0. The van der Waals surface area contributed by atoms with Crippen molar-refractivity contribution in [2.24, 2.45) is 22.7 Å². The lowest BCUT2D eigenvalue weighted by atomic mass is 9.87. The van der Waals surface area contributed by atoms with E-state index in [4.69, 9.17) is 16.3 Å². The third-order valence-electron chi connectivity index (χ3n) is 12.0. The number of fused-ring (bicyclic) bond motifs is 3. The molecule has 4 fully saturated rings. The number of alkyl halides is 3. The van der Waals surface area contributed by atoms with E-state index in [9.17, 15) is 45.6 Å². The van der Waals surface area contributed by atoms with Crippen molar-refractivity contribution in [2.75, 3.05) is 6.54 Å². The summed E-state index contributed by atoms with van der Waals surface area (Å²) in [7, 11) is -3.93. The van der Waals surface area contributed by atoms with Crippen LogP contribution < -0.4 is 4.72 Å². The van der Waals surface area contributed by atoms with E-state index in [-0.39, 0.29) is 51.7 Å². The largest absolute Gasteiger partial charge is 0.444 e. The topological polar surface area (TPSA) is 147 Å². The number of ketones is 2. The number of ether oxygens (including phenoxy) is 1. The number of allylic oxidation sites excluding steroid dienone is 2. The molecule has 1 aromatic rings. The average molecular weight is 782 g/mol. The van der Waals surface area contributed by atoms with E-state index in [2.05, 4.69) is 4.72 Å². The van der Waals surface area contributed by atoms with Crippen LogP contribution in [0.15, 0.2) is 30.4 Å². The molecule has 1 N–H and O–H groups in total. The lowest BCUT2D eigenvalue weighted by molar-refractivity contribution is -0.191. The first kappa shape index (κ1) is 37.8. The molecule has 0 unspecified atom stereocenters. The van der Waals surface area contributed by atoms with Gasteiger partial charge in [0.05, 0.1) is 29.8 Å². The van der Waals surface area contributed by atoms with Gasteiger partial charge in [0, 0.05) is 36.7 Å². The van der Waals surface area contributed by atoms with Crippen LogP contribution in [-0.2, 0) is 47.0 Å². The molecule has 0 aromatic heterocycles. The number of hydrogen-bond donors (Lipinski definition) is 1. The summed E-state index contributed by atoms with van der Waals surface area (Å²) in [4.78, 5) is 71.7. The van der Waals surface area contributed by atoms with E-state index in [0.717, 1.165) is 11.1 Å². The van der Waals surface area contributed by atoms with Gasteiger partial charge in [-0.1, -0.05) is 48.7 Å². The monoisotopic (exact) mass is 781 g/mol. The van der Waals surface area contributed by atoms with Gasteiger partial charge in [0.2, 0.25) is 21.8 Å². The van der Waals surface area contributed by atoms with Crippen LogP contribution in [0.25, 0.3) is 0 Å². The molecular weight excluding hydrogens is 739 g/mol. The van der Waals surface area contributed by atoms with E-state index in [1.54, 1.807) is 12.1 Å². The van der Waals surface area contributed by atoms with Crippen LogP contribution in [0.5, 0.6) is 0 Å². The number of nitrogens with zero attached hydrogens (tertiary/aromatic N) is 2. The Kier molecular flexibility index (Phi) is 9.99. The van der Waals surface area contributed by atoms with Crippen molar-refractivity contribution in [3.63, 3.8) is 0 Å². The number of amides is 3. The van der Waals surface area contributed by atoms with Gasteiger partial charge in [-0.15, -0.1) is 0 Å². The maximum absolute atomic E-state index is 14.4. The summed E-state index contributed by atoms with van der Waals surface area (Å²) in [6.07, 6.45) is -0.995. The molecule has 3 heterocycles. The van der Waals surface area contributed by atoms with E-state index < -0.39 is 98.6 Å². The van der Waals surface area contributed by atoms with Crippen LogP contribution >= 0.6 is 11.6 Å². The van der Waals surface area contributed by atoms with Gasteiger partial charge in [-0.05, 0) is 74.5 Å². The summed E-state index contributed by atoms with van der Waals surface area (Å²) in [6, 6.07) is 4.10. The zero-order chi connectivity index (χ0) is 37.9. The Morgan fingerprint density at radius 2 is 1.79 bits per heavy atom. The van der Waals surface area contributed by atoms with Gasteiger partial charge in [-0.3, -0.25) is 28.8 Å². The molecule has 53 heavy (non-hydrogen) atoms. The second-order valence-electron chi connectivity index (χ2n) is 15.7. The highest BCUT2D eigenvalue weighted by Gasteiger charge is 2.68. The minimum Gasteiger partial charge on any atom is -0.444 e. The number of sulfonamides is 1. The van der Waals surface area contributed by atoms with Crippen LogP contribution in [0.1, 0.15) is 94.6 Å². The number of halogens is 4. The third-order valence-corrected chi connectivity index (χ3v) is 14.2. The maximum atomic E-state index is 14.4. The fourth-order valence-electron chi connectivity index (χ4n) is 8.31. The molecule has 0 radical (unpaired) electrons. The van der Waals surface area contributed by atoms with Gasteiger partial charge in [-0.25, -0.2) is 13.2 Å². The molecule has 5 atom stereocenters. The molecule has 3 aliphatic carbocycles. The zero-order valence-electron chi connectivity index (χ0n) is 29.2. The minimum absolute atomic E-state index is 0.130. The molecule has 1 aromatic carbocycles. The quantitative estimate of drug-likeness (QED) is 0.343. The van der Waals surface area contributed by atoms with E-state index in [0.29, 0.717) is 43.5 Å². The number of benzene rings is 1. The van der Waals surface area contributed by atoms with Gasteiger partial charge in [-0.2, -0.15) is 13.2 Å². The number of carbonyl (C=O) groups excluding carboxylic acids is 5. The Bertz CT molecular complexity index is 1850. The molecule has 16 heteroatoms. The predicted molar refractivity (Wildman–Crippen MR) is 184 cm³/mol. The highest BCUT2D eigenvalue weighted by Crippen LogP contribution is 2.59. The van der Waals surface area contributed by atoms with Crippen molar-refractivity contribution >= 4 is 51.1 Å². The van der Waals surface area contributed by atoms with E-state index in [1.165, 1.54) is 9.80 Å². The summed E-state index contributed by atoms with van der Waals surface area (Å²) in [5.41, 5.74) is -2.22. The molecule has 3 saturated carbocycles. The van der Waals surface area contributed by atoms with Gasteiger partial charge >= 0.3 is 12.3 Å². The Hall–Kier alpha value is -3.46. The lowest BCUT2D eigenvalue weighted by Gasteiger charge is -2.29. The molecule has 3 amide bonds. The summed E-state index contributed by atoms with van der Waals surface area (Å²) in [5, 5.41) is -0.172. The SMILES string of the molecule is O=C1C[C@]2(C(=O)NS(=O)(=O)C3CC3)C[C@H]2/C=C\CCCCC[C@H](CC(=O)C2(C(F)(F)F)CC2)C(=O)N2C[C@H](OC(=O)N3Cc4cccc(Cl)c4C3)C[C@@H]12. The molecule has 7 rings (SSSR count). The molecule has 0 spiro atoms. The van der Waals surface area contributed by atoms with Crippen LogP contribution in [0, 0.1) is 22.7 Å². The molecule has 11 nitrogen and oxygen atoms in total. The van der Waals surface area contributed by atoms with Gasteiger partial charge in [0.15, 0.2) is 5.78 Å². The minimum atomic E-state index is -4.74. The van der Waals surface area contributed by atoms with Crippen molar-refractivity contribution < 1.29 is 50.3 Å². The molecule has 3 aliphatic heterocycles. The van der Waals surface area contributed by atoms with Crippen molar-refractivity contribution in [3.8, 4) is 0 Å². The third kappa shape index (κ3) is 7.48. The highest BCUT2D eigenvalue weighted by atomic mass is 35.5. The number of hydrogen-bond acceptors (Lipinski definition) is 8. The van der Waals surface area contributed by atoms with Crippen LogP contribution in [0.4, 0.5) is 18.0 Å².